The third kappa shape index (κ3) is 4.09. The Morgan fingerprint density at radius 1 is 1.43 bits per heavy atom. The number of amides is 1. The van der Waals surface area contributed by atoms with E-state index in [4.69, 9.17) is 5.73 Å². The molecule has 14 heavy (non-hydrogen) atoms. The molecule has 0 aromatic rings. The Hall–Kier alpha value is -0.570. The van der Waals surface area contributed by atoms with Gasteiger partial charge in [-0.3, -0.25) is 4.79 Å². The van der Waals surface area contributed by atoms with Gasteiger partial charge in [-0.1, -0.05) is 19.3 Å². The quantitative estimate of drug-likeness (QED) is 0.718. The molecule has 1 rings (SSSR count). The lowest BCUT2D eigenvalue weighted by Gasteiger charge is -2.21. The van der Waals surface area contributed by atoms with Crippen LogP contribution in [0.1, 0.15) is 45.4 Å². The van der Waals surface area contributed by atoms with Crippen LogP contribution in [0.25, 0.3) is 0 Å². The maximum atomic E-state index is 11.5. The summed E-state index contributed by atoms with van der Waals surface area (Å²) in [6.45, 7) is 2.47. The molecule has 1 atom stereocenters. The Morgan fingerprint density at radius 3 is 2.64 bits per heavy atom. The van der Waals surface area contributed by atoms with E-state index in [-0.39, 0.29) is 11.9 Å². The van der Waals surface area contributed by atoms with Crippen molar-refractivity contribution in [3.05, 3.63) is 0 Å². The third-order valence-corrected chi connectivity index (χ3v) is 2.96. The number of nitrogens with one attached hydrogen (secondary N) is 1. The minimum atomic E-state index is 0.117. The number of carbonyl (C=O) groups excluding carboxylic acids is 1. The van der Waals surface area contributed by atoms with Gasteiger partial charge in [-0.2, -0.15) is 0 Å². The van der Waals surface area contributed by atoms with Crippen molar-refractivity contribution >= 4 is 5.91 Å². The Bertz CT molecular complexity index is 176. The van der Waals surface area contributed by atoms with E-state index in [0.29, 0.717) is 18.9 Å². The van der Waals surface area contributed by atoms with Crippen LogP contribution in [-0.4, -0.2) is 18.5 Å². The number of nitrogens with two attached hydrogens (primary N) is 1. The van der Waals surface area contributed by atoms with Crippen LogP contribution in [0.4, 0.5) is 0 Å². The largest absolute Gasteiger partial charge is 0.352 e. The van der Waals surface area contributed by atoms with E-state index < -0.39 is 0 Å². The summed E-state index contributed by atoms with van der Waals surface area (Å²) in [5.41, 5.74) is 5.44. The van der Waals surface area contributed by atoms with Crippen molar-refractivity contribution in [2.75, 3.05) is 6.54 Å². The smallest absolute Gasteiger partial charge is 0.220 e. The van der Waals surface area contributed by atoms with Crippen LogP contribution in [-0.2, 0) is 4.79 Å². The first kappa shape index (κ1) is 11.5. The van der Waals surface area contributed by atoms with Crippen molar-refractivity contribution in [3.63, 3.8) is 0 Å². The summed E-state index contributed by atoms with van der Waals surface area (Å²) in [6.07, 6.45) is 7.09. The molecule has 0 aromatic carbocycles. The van der Waals surface area contributed by atoms with Crippen LogP contribution in [0.15, 0.2) is 0 Å². The molecule has 1 fully saturated rings. The Balaban J connectivity index is 2.18. The van der Waals surface area contributed by atoms with Gasteiger partial charge in [-0.05, 0) is 25.7 Å². The van der Waals surface area contributed by atoms with Crippen LogP contribution in [0.2, 0.25) is 0 Å². The van der Waals surface area contributed by atoms with E-state index in [1.54, 1.807) is 0 Å². The number of rotatable bonds is 4. The number of hydrogen-bond acceptors (Lipinski definition) is 2. The Kier molecular flexibility index (Phi) is 4.94. The zero-order valence-electron chi connectivity index (χ0n) is 9.09. The first-order valence-corrected chi connectivity index (χ1v) is 5.71. The van der Waals surface area contributed by atoms with Gasteiger partial charge in [-0.25, -0.2) is 0 Å². The Morgan fingerprint density at radius 2 is 2.07 bits per heavy atom. The molecule has 0 bridgehead atoms. The van der Waals surface area contributed by atoms with Crippen LogP contribution in [0.3, 0.4) is 0 Å². The summed E-state index contributed by atoms with van der Waals surface area (Å²) >= 11 is 0. The average Bonchev–Trinajstić information content (AvgIpc) is 2.19. The monoisotopic (exact) mass is 198 g/mol. The SMILES string of the molecule is CC(CN)NC(=O)CC1CCCCC1. The molecule has 3 nitrogen and oxygen atoms in total. The molecule has 1 aliphatic carbocycles. The minimum Gasteiger partial charge on any atom is -0.352 e. The molecular weight excluding hydrogens is 176 g/mol. The lowest BCUT2D eigenvalue weighted by atomic mass is 9.87. The second kappa shape index (κ2) is 6.02. The van der Waals surface area contributed by atoms with E-state index in [1.807, 2.05) is 6.92 Å². The van der Waals surface area contributed by atoms with E-state index in [9.17, 15) is 4.79 Å². The molecule has 1 amide bonds. The van der Waals surface area contributed by atoms with Crippen molar-refractivity contribution in [2.45, 2.75) is 51.5 Å². The standard InChI is InChI=1S/C11H22N2O/c1-9(8-12)13-11(14)7-10-5-3-2-4-6-10/h9-10H,2-8,12H2,1H3,(H,13,14). The molecule has 0 radical (unpaired) electrons. The number of carbonyl (C=O) groups is 1. The van der Waals surface area contributed by atoms with Gasteiger partial charge in [0.05, 0.1) is 0 Å². The molecule has 0 heterocycles. The predicted molar refractivity (Wildman–Crippen MR) is 57.9 cm³/mol. The number of hydrogen-bond donors (Lipinski definition) is 2. The highest BCUT2D eigenvalue weighted by molar-refractivity contribution is 5.76. The average molecular weight is 198 g/mol. The lowest BCUT2D eigenvalue weighted by Crippen LogP contribution is -2.38. The van der Waals surface area contributed by atoms with Crippen LogP contribution < -0.4 is 11.1 Å². The highest BCUT2D eigenvalue weighted by Crippen LogP contribution is 2.25. The van der Waals surface area contributed by atoms with Gasteiger partial charge in [0.25, 0.3) is 0 Å². The normalized spacial score (nSPS) is 20.4. The third-order valence-electron chi connectivity index (χ3n) is 2.96. The van der Waals surface area contributed by atoms with Crippen molar-refractivity contribution in [2.24, 2.45) is 11.7 Å². The molecule has 3 N–H and O–H groups in total. The molecule has 1 unspecified atom stereocenters. The zero-order valence-corrected chi connectivity index (χ0v) is 9.09. The van der Waals surface area contributed by atoms with E-state index in [1.165, 1.54) is 32.1 Å². The van der Waals surface area contributed by atoms with Crippen molar-refractivity contribution in [1.29, 1.82) is 0 Å². The van der Waals surface area contributed by atoms with Gasteiger partial charge in [0.15, 0.2) is 0 Å². The summed E-state index contributed by atoms with van der Waals surface area (Å²) in [7, 11) is 0. The molecule has 1 aliphatic rings. The zero-order chi connectivity index (χ0) is 10.4. The lowest BCUT2D eigenvalue weighted by molar-refractivity contribution is -0.122. The fraction of sp³-hybridized carbons (Fsp3) is 0.909. The van der Waals surface area contributed by atoms with Crippen molar-refractivity contribution < 1.29 is 4.79 Å². The predicted octanol–water partition coefficient (Wildman–Crippen LogP) is 1.42. The topological polar surface area (TPSA) is 55.1 Å². The molecule has 0 aliphatic heterocycles. The molecule has 0 aromatic heterocycles. The van der Waals surface area contributed by atoms with Gasteiger partial charge >= 0.3 is 0 Å². The summed E-state index contributed by atoms with van der Waals surface area (Å²) < 4.78 is 0. The fourth-order valence-corrected chi connectivity index (χ4v) is 2.05. The van der Waals surface area contributed by atoms with Gasteiger partial charge in [-0.15, -0.1) is 0 Å². The first-order valence-electron chi connectivity index (χ1n) is 5.71. The van der Waals surface area contributed by atoms with Crippen molar-refractivity contribution in [3.8, 4) is 0 Å². The summed E-state index contributed by atoms with van der Waals surface area (Å²) in [6, 6.07) is 0.117. The van der Waals surface area contributed by atoms with Crippen LogP contribution >= 0.6 is 0 Å². The maximum Gasteiger partial charge on any atom is 0.220 e. The molecule has 82 valence electrons. The summed E-state index contributed by atoms with van der Waals surface area (Å²) in [5, 5.41) is 2.91. The fourth-order valence-electron chi connectivity index (χ4n) is 2.05. The molecule has 3 heteroatoms. The second-order valence-corrected chi connectivity index (χ2v) is 4.41. The van der Waals surface area contributed by atoms with Gasteiger partial charge in [0, 0.05) is 19.0 Å². The van der Waals surface area contributed by atoms with Gasteiger partial charge in [0.1, 0.15) is 0 Å². The minimum absolute atomic E-state index is 0.117. The summed E-state index contributed by atoms with van der Waals surface area (Å²) in [4.78, 5) is 11.5. The highest BCUT2D eigenvalue weighted by Gasteiger charge is 2.17. The van der Waals surface area contributed by atoms with E-state index >= 15 is 0 Å². The molecular formula is C11H22N2O. The maximum absolute atomic E-state index is 11.5. The summed E-state index contributed by atoms with van der Waals surface area (Å²) in [5.74, 6) is 0.795. The van der Waals surface area contributed by atoms with Gasteiger partial charge in [0.2, 0.25) is 5.91 Å². The highest BCUT2D eigenvalue weighted by atomic mass is 16.1. The van der Waals surface area contributed by atoms with Crippen LogP contribution in [0.5, 0.6) is 0 Å². The van der Waals surface area contributed by atoms with E-state index in [0.717, 1.165) is 0 Å². The molecule has 0 spiro atoms. The Labute approximate surface area is 86.4 Å². The molecule has 0 saturated heterocycles. The molecule has 1 saturated carbocycles. The first-order chi connectivity index (χ1) is 6.72. The van der Waals surface area contributed by atoms with Crippen molar-refractivity contribution in [1.82, 2.24) is 5.32 Å². The van der Waals surface area contributed by atoms with E-state index in [2.05, 4.69) is 5.32 Å². The second-order valence-electron chi connectivity index (χ2n) is 4.41. The van der Waals surface area contributed by atoms with Crippen LogP contribution in [0, 0.1) is 5.92 Å². The van der Waals surface area contributed by atoms with Gasteiger partial charge < -0.3 is 11.1 Å².